The van der Waals surface area contributed by atoms with Gasteiger partial charge in [0.1, 0.15) is 0 Å². The molecule has 1 aromatic carbocycles. The number of likely N-dealkylation sites (tertiary alicyclic amines) is 1. The van der Waals surface area contributed by atoms with Gasteiger partial charge in [-0.3, -0.25) is 4.79 Å². The molecule has 110 valence electrons. The minimum absolute atomic E-state index is 0.249. The molecule has 2 heterocycles. The number of benzene rings is 1. The number of nitrogens with one attached hydrogen (secondary N) is 1. The molecule has 1 fully saturated rings. The second-order valence-corrected chi connectivity index (χ2v) is 6.71. The maximum Gasteiger partial charge on any atom is 0.222 e. The predicted molar refractivity (Wildman–Crippen MR) is 85.5 cm³/mol. The average molecular weight is 322 g/mol. The van der Waals surface area contributed by atoms with Gasteiger partial charge in [-0.05, 0) is 18.1 Å². The van der Waals surface area contributed by atoms with Crippen LogP contribution in [0.5, 0.6) is 0 Å². The number of carbonyl (C=O) groups is 1. The van der Waals surface area contributed by atoms with Crippen LogP contribution in [0.4, 0.5) is 5.69 Å². The quantitative estimate of drug-likeness (QED) is 0.916. The normalized spacial score (nSPS) is 14.7. The topological polar surface area (TPSA) is 45.2 Å². The van der Waals surface area contributed by atoms with Crippen LogP contribution < -0.4 is 5.32 Å². The number of halogens is 1. The third-order valence-electron chi connectivity index (χ3n) is 3.53. The lowest BCUT2D eigenvalue weighted by atomic mass is 10.1. The van der Waals surface area contributed by atoms with Crippen molar-refractivity contribution < 1.29 is 4.79 Å². The number of rotatable bonds is 5. The molecule has 0 saturated carbocycles. The minimum atomic E-state index is 0.249. The fourth-order valence-electron chi connectivity index (χ4n) is 2.46. The van der Waals surface area contributed by atoms with Crippen LogP contribution in [0, 0.1) is 0 Å². The second-order valence-electron chi connectivity index (χ2n) is 5.01. The van der Waals surface area contributed by atoms with E-state index in [0.717, 1.165) is 29.1 Å². The van der Waals surface area contributed by atoms with Gasteiger partial charge < -0.3 is 10.2 Å². The molecule has 1 aliphatic rings. The van der Waals surface area contributed by atoms with Crippen molar-refractivity contribution in [3.8, 4) is 0 Å². The first-order valence-corrected chi connectivity index (χ1v) is 8.11. The number of aromatic nitrogens is 1. The summed E-state index contributed by atoms with van der Waals surface area (Å²) in [6, 6.07) is 8.11. The molecule has 1 aromatic heterocycles. The molecule has 2 aromatic rings. The van der Waals surface area contributed by atoms with E-state index in [1.165, 1.54) is 11.3 Å². The molecule has 0 spiro atoms. The van der Waals surface area contributed by atoms with Gasteiger partial charge in [-0.25, -0.2) is 4.98 Å². The number of hydrogen-bond donors (Lipinski definition) is 1. The fraction of sp³-hybridized carbons (Fsp3) is 0.333. The Balaban J connectivity index is 1.68. The highest BCUT2D eigenvalue weighted by atomic mass is 35.5. The summed E-state index contributed by atoms with van der Waals surface area (Å²) in [6.45, 7) is 2.22. The minimum Gasteiger partial charge on any atom is -0.380 e. The van der Waals surface area contributed by atoms with Crippen LogP contribution in [-0.4, -0.2) is 22.3 Å². The van der Waals surface area contributed by atoms with Gasteiger partial charge in [0.2, 0.25) is 5.91 Å². The van der Waals surface area contributed by atoms with Crippen LogP contribution in [-0.2, 0) is 17.9 Å². The van der Waals surface area contributed by atoms with Crippen LogP contribution in [0.2, 0.25) is 4.47 Å². The number of nitrogens with zero attached hydrogens (tertiary/aromatic N) is 2. The number of thiazole rings is 1. The highest BCUT2D eigenvalue weighted by molar-refractivity contribution is 7.15. The summed E-state index contributed by atoms with van der Waals surface area (Å²) in [7, 11) is 0. The summed E-state index contributed by atoms with van der Waals surface area (Å²) in [4.78, 5) is 18.8. The molecule has 21 heavy (non-hydrogen) atoms. The van der Waals surface area contributed by atoms with E-state index >= 15 is 0 Å². The predicted octanol–water partition coefficient (Wildman–Crippen LogP) is 3.53. The number of amides is 1. The van der Waals surface area contributed by atoms with E-state index in [1.807, 2.05) is 23.1 Å². The standard InChI is InChI=1S/C15H16ClN3OS/c16-15-18-9-12(21-15)8-17-13-5-2-1-4-11(13)10-19-7-3-6-14(19)20/h1-2,4-5,9,17H,3,6-8,10H2. The van der Waals surface area contributed by atoms with E-state index < -0.39 is 0 Å². The zero-order valence-electron chi connectivity index (χ0n) is 11.5. The molecule has 1 N–H and O–H groups in total. The zero-order chi connectivity index (χ0) is 14.7. The maximum atomic E-state index is 11.8. The summed E-state index contributed by atoms with van der Waals surface area (Å²) in [5, 5.41) is 3.41. The highest BCUT2D eigenvalue weighted by Gasteiger charge is 2.20. The number of para-hydroxylation sites is 1. The van der Waals surface area contributed by atoms with Crippen molar-refractivity contribution in [3.63, 3.8) is 0 Å². The fourth-order valence-corrected chi connectivity index (χ4v) is 3.37. The Morgan fingerprint density at radius 2 is 2.24 bits per heavy atom. The lowest BCUT2D eigenvalue weighted by molar-refractivity contribution is -0.128. The van der Waals surface area contributed by atoms with Crippen molar-refractivity contribution in [2.75, 3.05) is 11.9 Å². The van der Waals surface area contributed by atoms with Gasteiger partial charge >= 0.3 is 0 Å². The van der Waals surface area contributed by atoms with Gasteiger partial charge in [-0.15, -0.1) is 11.3 Å². The van der Waals surface area contributed by atoms with E-state index in [2.05, 4.69) is 16.4 Å². The largest absolute Gasteiger partial charge is 0.380 e. The third kappa shape index (κ3) is 3.54. The first-order valence-electron chi connectivity index (χ1n) is 6.92. The van der Waals surface area contributed by atoms with E-state index in [0.29, 0.717) is 24.0 Å². The Labute approximate surface area is 132 Å². The van der Waals surface area contributed by atoms with Gasteiger partial charge in [0.15, 0.2) is 4.47 Å². The number of anilines is 1. The van der Waals surface area contributed by atoms with Gasteiger partial charge in [0.05, 0.1) is 6.54 Å². The lowest BCUT2D eigenvalue weighted by Gasteiger charge is -2.18. The molecule has 4 nitrogen and oxygen atoms in total. The monoisotopic (exact) mass is 321 g/mol. The van der Waals surface area contributed by atoms with Crippen LogP contribution in [0.15, 0.2) is 30.5 Å². The molecule has 0 radical (unpaired) electrons. The number of carbonyl (C=O) groups excluding carboxylic acids is 1. The summed E-state index contributed by atoms with van der Waals surface area (Å²) in [6.07, 6.45) is 3.43. The molecule has 0 bridgehead atoms. The van der Waals surface area contributed by atoms with Crippen molar-refractivity contribution in [3.05, 3.63) is 45.4 Å². The van der Waals surface area contributed by atoms with Crippen LogP contribution in [0.1, 0.15) is 23.3 Å². The van der Waals surface area contributed by atoms with Crippen LogP contribution in [0.25, 0.3) is 0 Å². The molecule has 0 aliphatic carbocycles. The Morgan fingerprint density at radius 3 is 2.95 bits per heavy atom. The molecular weight excluding hydrogens is 306 g/mol. The molecular formula is C15H16ClN3OS. The van der Waals surface area contributed by atoms with Crippen molar-refractivity contribution in [2.45, 2.75) is 25.9 Å². The number of hydrogen-bond acceptors (Lipinski definition) is 4. The molecule has 1 aliphatic heterocycles. The van der Waals surface area contributed by atoms with Crippen molar-refractivity contribution in [2.24, 2.45) is 0 Å². The van der Waals surface area contributed by atoms with Gasteiger partial charge in [0.25, 0.3) is 0 Å². The summed E-state index contributed by atoms with van der Waals surface area (Å²) < 4.78 is 0.558. The Morgan fingerprint density at radius 1 is 1.38 bits per heavy atom. The summed E-state index contributed by atoms with van der Waals surface area (Å²) in [5.74, 6) is 0.249. The Hall–Kier alpha value is -1.59. The first-order chi connectivity index (χ1) is 10.2. The molecule has 0 atom stereocenters. The zero-order valence-corrected chi connectivity index (χ0v) is 13.1. The van der Waals surface area contributed by atoms with Crippen molar-refractivity contribution in [1.29, 1.82) is 0 Å². The van der Waals surface area contributed by atoms with Gasteiger partial charge in [-0.1, -0.05) is 29.8 Å². The Kier molecular flexibility index (Phi) is 4.41. The maximum absolute atomic E-state index is 11.8. The van der Waals surface area contributed by atoms with E-state index in [9.17, 15) is 4.79 Å². The lowest BCUT2D eigenvalue weighted by Crippen LogP contribution is -2.24. The SMILES string of the molecule is O=C1CCCN1Cc1ccccc1NCc1cnc(Cl)s1. The average Bonchev–Trinajstić information content (AvgIpc) is 3.07. The second kappa shape index (κ2) is 6.45. The van der Waals surface area contributed by atoms with Gasteiger partial charge in [0, 0.05) is 36.3 Å². The molecule has 6 heteroatoms. The van der Waals surface area contributed by atoms with E-state index in [-0.39, 0.29) is 5.91 Å². The molecule has 3 rings (SSSR count). The van der Waals surface area contributed by atoms with E-state index in [4.69, 9.17) is 11.6 Å². The molecule has 1 saturated heterocycles. The van der Waals surface area contributed by atoms with Crippen LogP contribution >= 0.6 is 22.9 Å². The van der Waals surface area contributed by atoms with Crippen molar-refractivity contribution >= 4 is 34.5 Å². The first kappa shape index (κ1) is 14.4. The van der Waals surface area contributed by atoms with E-state index in [1.54, 1.807) is 6.20 Å². The summed E-state index contributed by atoms with van der Waals surface area (Å²) in [5.41, 5.74) is 2.20. The van der Waals surface area contributed by atoms with Crippen molar-refractivity contribution in [1.82, 2.24) is 9.88 Å². The smallest absolute Gasteiger partial charge is 0.222 e. The third-order valence-corrected chi connectivity index (χ3v) is 4.64. The summed E-state index contributed by atoms with van der Waals surface area (Å²) >= 11 is 7.31. The molecule has 0 unspecified atom stereocenters. The Bertz CT molecular complexity index is 643. The molecule has 1 amide bonds. The van der Waals surface area contributed by atoms with Gasteiger partial charge in [-0.2, -0.15) is 0 Å². The van der Waals surface area contributed by atoms with Crippen LogP contribution in [0.3, 0.4) is 0 Å². The highest BCUT2D eigenvalue weighted by Crippen LogP contribution is 2.23.